The van der Waals surface area contributed by atoms with Crippen LogP contribution in [0.25, 0.3) is 0 Å². The smallest absolute Gasteiger partial charge is 0.137 e. The van der Waals surface area contributed by atoms with E-state index in [4.69, 9.17) is 14.2 Å². The fourth-order valence-electron chi connectivity index (χ4n) is 3.60. The molecule has 0 aliphatic carbocycles. The predicted molar refractivity (Wildman–Crippen MR) is 104 cm³/mol. The van der Waals surface area contributed by atoms with E-state index in [-0.39, 0.29) is 0 Å². The zero-order chi connectivity index (χ0) is 18.5. The number of anilines is 2. The lowest BCUT2D eigenvalue weighted by Gasteiger charge is -2.33. The summed E-state index contributed by atoms with van der Waals surface area (Å²) in [6, 6.07) is 8.22. The summed E-state index contributed by atoms with van der Waals surface area (Å²) in [4.78, 5) is 14.0. The second kappa shape index (κ2) is 8.54. The summed E-state index contributed by atoms with van der Waals surface area (Å²) in [6.07, 6.45) is 2.47. The molecule has 2 fully saturated rings. The maximum atomic E-state index is 5.53. The van der Waals surface area contributed by atoms with Crippen LogP contribution in [-0.4, -0.2) is 69.7 Å². The Morgan fingerprint density at radius 3 is 1.85 bits per heavy atom. The summed E-state index contributed by atoms with van der Waals surface area (Å²) in [5, 5.41) is 0. The number of benzene rings is 1. The van der Waals surface area contributed by atoms with Crippen LogP contribution in [0.1, 0.15) is 11.1 Å². The van der Waals surface area contributed by atoms with Crippen molar-refractivity contribution in [2.24, 2.45) is 0 Å². The molecular weight excluding hydrogens is 344 g/mol. The highest BCUT2D eigenvalue weighted by atomic mass is 16.5. The van der Waals surface area contributed by atoms with Gasteiger partial charge in [0.05, 0.1) is 33.5 Å². The van der Waals surface area contributed by atoms with Crippen LogP contribution in [0.15, 0.2) is 30.6 Å². The molecular formula is C20H26N4O3. The van der Waals surface area contributed by atoms with Crippen LogP contribution in [0.4, 0.5) is 11.6 Å². The Bertz CT molecular complexity index is 705. The van der Waals surface area contributed by atoms with Gasteiger partial charge in [-0.25, -0.2) is 9.97 Å². The molecule has 7 heteroatoms. The minimum absolute atomic E-state index is 0.735. The van der Waals surface area contributed by atoms with E-state index in [0.717, 1.165) is 76.4 Å². The van der Waals surface area contributed by atoms with Gasteiger partial charge in [0.15, 0.2) is 0 Å². The van der Waals surface area contributed by atoms with Gasteiger partial charge in [-0.3, -0.25) is 0 Å². The highest BCUT2D eigenvalue weighted by molar-refractivity contribution is 5.62. The first kappa shape index (κ1) is 18.0. The van der Waals surface area contributed by atoms with Crippen LogP contribution in [-0.2, 0) is 15.9 Å². The summed E-state index contributed by atoms with van der Waals surface area (Å²) in [7, 11) is 1.69. The summed E-state index contributed by atoms with van der Waals surface area (Å²) < 4.78 is 16.3. The normalized spacial score (nSPS) is 17.8. The summed E-state index contributed by atoms with van der Waals surface area (Å²) in [6.45, 7) is 6.37. The number of morpholine rings is 2. The second-order valence-electron chi connectivity index (χ2n) is 6.72. The molecule has 0 N–H and O–H groups in total. The quantitative estimate of drug-likeness (QED) is 0.795. The van der Waals surface area contributed by atoms with Crippen molar-refractivity contribution in [3.05, 3.63) is 41.7 Å². The summed E-state index contributed by atoms with van der Waals surface area (Å²) in [5.74, 6) is 2.90. The third kappa shape index (κ3) is 4.14. The van der Waals surface area contributed by atoms with Crippen molar-refractivity contribution in [2.75, 3.05) is 69.5 Å². The van der Waals surface area contributed by atoms with Crippen molar-refractivity contribution in [3.8, 4) is 5.75 Å². The van der Waals surface area contributed by atoms with Crippen molar-refractivity contribution in [1.82, 2.24) is 9.97 Å². The predicted octanol–water partition coefficient (Wildman–Crippen LogP) is 1.75. The molecule has 0 bridgehead atoms. The van der Waals surface area contributed by atoms with Gasteiger partial charge >= 0.3 is 0 Å². The van der Waals surface area contributed by atoms with E-state index >= 15 is 0 Å². The Kier molecular flexibility index (Phi) is 5.69. The Morgan fingerprint density at radius 2 is 1.37 bits per heavy atom. The van der Waals surface area contributed by atoms with E-state index in [9.17, 15) is 0 Å². The molecule has 3 heterocycles. The van der Waals surface area contributed by atoms with Gasteiger partial charge in [-0.2, -0.15) is 0 Å². The first-order valence-corrected chi connectivity index (χ1v) is 9.47. The van der Waals surface area contributed by atoms with E-state index in [1.165, 1.54) is 11.1 Å². The zero-order valence-corrected chi connectivity index (χ0v) is 15.8. The fraction of sp³-hybridized carbons (Fsp3) is 0.500. The van der Waals surface area contributed by atoms with Crippen molar-refractivity contribution in [2.45, 2.75) is 6.42 Å². The molecule has 2 aliphatic rings. The Morgan fingerprint density at radius 1 is 0.852 bits per heavy atom. The van der Waals surface area contributed by atoms with E-state index in [0.29, 0.717) is 0 Å². The number of aromatic nitrogens is 2. The molecule has 144 valence electrons. The Labute approximate surface area is 159 Å². The van der Waals surface area contributed by atoms with Crippen LogP contribution in [0.5, 0.6) is 5.75 Å². The number of rotatable bonds is 5. The van der Waals surface area contributed by atoms with Crippen molar-refractivity contribution in [1.29, 1.82) is 0 Å². The van der Waals surface area contributed by atoms with Crippen molar-refractivity contribution in [3.63, 3.8) is 0 Å². The molecule has 27 heavy (non-hydrogen) atoms. The van der Waals surface area contributed by atoms with Crippen LogP contribution in [0.3, 0.4) is 0 Å². The van der Waals surface area contributed by atoms with Gasteiger partial charge in [-0.05, 0) is 17.7 Å². The molecule has 2 saturated heterocycles. The molecule has 2 aliphatic heterocycles. The third-order valence-corrected chi connectivity index (χ3v) is 5.06. The van der Waals surface area contributed by atoms with Gasteiger partial charge in [0.25, 0.3) is 0 Å². The maximum absolute atomic E-state index is 5.53. The standard InChI is InChI=1S/C20H26N4O3/c1-25-17-4-2-16(3-5-17)14-18-19(23-6-10-26-11-7-23)21-15-22-20(18)24-8-12-27-13-9-24/h2-5,15H,6-14H2,1H3. The van der Waals surface area contributed by atoms with Gasteiger partial charge in [0.2, 0.25) is 0 Å². The number of hydrogen-bond donors (Lipinski definition) is 0. The zero-order valence-electron chi connectivity index (χ0n) is 15.8. The summed E-state index contributed by atoms with van der Waals surface area (Å²) >= 11 is 0. The summed E-state index contributed by atoms with van der Waals surface area (Å²) in [5.41, 5.74) is 2.39. The minimum atomic E-state index is 0.735. The van der Waals surface area contributed by atoms with Gasteiger partial charge in [0, 0.05) is 38.2 Å². The third-order valence-electron chi connectivity index (χ3n) is 5.06. The molecule has 0 unspecified atom stereocenters. The van der Waals surface area contributed by atoms with Crippen LogP contribution in [0, 0.1) is 0 Å². The van der Waals surface area contributed by atoms with E-state index < -0.39 is 0 Å². The molecule has 0 radical (unpaired) electrons. The monoisotopic (exact) mass is 370 g/mol. The average molecular weight is 370 g/mol. The molecule has 0 atom stereocenters. The topological polar surface area (TPSA) is 60.0 Å². The lowest BCUT2D eigenvalue weighted by Crippen LogP contribution is -2.40. The number of nitrogens with zero attached hydrogens (tertiary/aromatic N) is 4. The SMILES string of the molecule is COc1ccc(Cc2c(N3CCOCC3)ncnc2N2CCOCC2)cc1. The highest BCUT2D eigenvalue weighted by Crippen LogP contribution is 2.30. The molecule has 7 nitrogen and oxygen atoms in total. The molecule has 1 aromatic carbocycles. The lowest BCUT2D eigenvalue weighted by molar-refractivity contribution is 0.121. The number of ether oxygens (including phenoxy) is 3. The van der Waals surface area contributed by atoms with E-state index in [1.807, 2.05) is 12.1 Å². The first-order chi connectivity index (χ1) is 13.3. The van der Waals surface area contributed by atoms with E-state index in [2.05, 4.69) is 31.9 Å². The minimum Gasteiger partial charge on any atom is -0.497 e. The van der Waals surface area contributed by atoms with Crippen LogP contribution < -0.4 is 14.5 Å². The second-order valence-corrected chi connectivity index (χ2v) is 6.72. The molecule has 0 saturated carbocycles. The fourth-order valence-corrected chi connectivity index (χ4v) is 3.60. The Balaban J connectivity index is 1.69. The van der Waals surface area contributed by atoms with Crippen LogP contribution >= 0.6 is 0 Å². The van der Waals surface area contributed by atoms with Gasteiger partial charge in [-0.15, -0.1) is 0 Å². The molecule has 1 aromatic heterocycles. The largest absolute Gasteiger partial charge is 0.497 e. The number of hydrogen-bond acceptors (Lipinski definition) is 7. The van der Waals surface area contributed by atoms with Gasteiger partial charge in [0.1, 0.15) is 23.7 Å². The maximum Gasteiger partial charge on any atom is 0.137 e. The highest BCUT2D eigenvalue weighted by Gasteiger charge is 2.23. The van der Waals surface area contributed by atoms with Crippen LogP contribution in [0.2, 0.25) is 0 Å². The average Bonchev–Trinajstić information content (AvgIpc) is 2.76. The molecule has 0 amide bonds. The molecule has 4 rings (SSSR count). The molecule has 2 aromatic rings. The lowest BCUT2D eigenvalue weighted by atomic mass is 10.0. The Hall–Kier alpha value is -2.38. The van der Waals surface area contributed by atoms with Gasteiger partial charge < -0.3 is 24.0 Å². The molecule has 0 spiro atoms. The van der Waals surface area contributed by atoms with Gasteiger partial charge in [-0.1, -0.05) is 12.1 Å². The first-order valence-electron chi connectivity index (χ1n) is 9.47. The van der Waals surface area contributed by atoms with E-state index in [1.54, 1.807) is 13.4 Å². The van der Waals surface area contributed by atoms with Crippen molar-refractivity contribution < 1.29 is 14.2 Å². The number of methoxy groups -OCH3 is 1. The van der Waals surface area contributed by atoms with Crippen molar-refractivity contribution >= 4 is 11.6 Å².